The number of halogens is 2. The lowest BCUT2D eigenvalue weighted by atomic mass is 9.95. The molecule has 5 heterocycles. The number of hydrogen-bond donors (Lipinski definition) is 0. The zero-order valence-electron chi connectivity index (χ0n) is 29.0. The second-order valence-corrected chi connectivity index (χ2v) is 15.8. The number of pyridine rings is 1. The lowest BCUT2D eigenvalue weighted by Gasteiger charge is -2.46. The number of aromatic nitrogens is 3. The number of benzene rings is 2. The van der Waals surface area contributed by atoms with Gasteiger partial charge in [-0.25, -0.2) is 36.9 Å². The van der Waals surface area contributed by atoms with Crippen molar-refractivity contribution in [2.24, 2.45) is 0 Å². The van der Waals surface area contributed by atoms with Gasteiger partial charge in [0.2, 0.25) is 20.9 Å². The molecule has 2 aromatic heterocycles. The van der Waals surface area contributed by atoms with E-state index in [1.54, 1.807) is 38.7 Å². The van der Waals surface area contributed by atoms with Gasteiger partial charge in [-0.3, -0.25) is 4.90 Å². The number of methoxy groups -OCH3 is 1. The molecule has 268 valence electrons. The van der Waals surface area contributed by atoms with Gasteiger partial charge in [0.25, 0.3) is 0 Å². The number of amides is 1. The Labute approximate surface area is 294 Å². The van der Waals surface area contributed by atoms with Crippen LogP contribution in [0.1, 0.15) is 53.0 Å². The Kier molecular flexibility index (Phi) is 8.66. The molecule has 2 fully saturated rings. The van der Waals surface area contributed by atoms with E-state index in [0.717, 1.165) is 0 Å². The SMILES string of the molecule is CC#Cc1c(F)ccc2cc(OCOC)cc(-c3nc4c5c(nc(S(=O)(=O)CC)nc5c3F)N3C[C@H]5CC[C@@H]([C@H]3CO4)N5C(=O)OC(C)(C)C)c12. The van der Waals surface area contributed by atoms with E-state index in [1.807, 2.05) is 4.90 Å². The quantitative estimate of drug-likeness (QED) is 0.140. The average Bonchev–Trinajstić information content (AvgIpc) is 3.33. The zero-order valence-corrected chi connectivity index (χ0v) is 29.9. The summed E-state index contributed by atoms with van der Waals surface area (Å²) in [5.74, 6) is 3.99. The van der Waals surface area contributed by atoms with Crippen molar-refractivity contribution in [2.75, 3.05) is 37.7 Å². The molecular weight excluding hydrogens is 684 g/mol. The number of ether oxygens (including phenoxy) is 4. The largest absolute Gasteiger partial charge is 0.475 e. The first-order valence-corrected chi connectivity index (χ1v) is 18.3. The molecule has 51 heavy (non-hydrogen) atoms. The lowest BCUT2D eigenvalue weighted by molar-refractivity contribution is 0.00538. The number of piperazine rings is 1. The fourth-order valence-electron chi connectivity index (χ4n) is 7.17. The van der Waals surface area contributed by atoms with E-state index in [9.17, 15) is 13.2 Å². The zero-order chi connectivity index (χ0) is 36.4. The molecule has 2 bridgehead atoms. The lowest BCUT2D eigenvalue weighted by Crippen LogP contribution is -2.63. The third-order valence-electron chi connectivity index (χ3n) is 9.33. The standard InChI is InChI=1S/C36H37F2N5O7S/c1-7-9-22-24(37)12-10-19-14-21(49-18-47-6)15-23(27(19)22)30-29(38)31-28-32(41-34(40-31)51(45,46)8-2)42-16-20-11-13-25(26(42)17-48-33(28)39-30)43(20)35(44)50-36(3,4)5/h10,12,14-15,20,25-26H,8,11,13,16-18H2,1-6H3/t20-,25+,26-/m1/s1. The highest BCUT2D eigenvalue weighted by atomic mass is 32.2. The molecule has 0 aliphatic carbocycles. The molecule has 2 saturated heterocycles. The maximum absolute atomic E-state index is 17.2. The minimum Gasteiger partial charge on any atom is -0.475 e. The van der Waals surface area contributed by atoms with Crippen LogP contribution in [0, 0.1) is 23.5 Å². The fraction of sp³-hybridized carbons (Fsp3) is 0.444. The van der Waals surface area contributed by atoms with Crippen LogP contribution in [0.25, 0.3) is 32.9 Å². The molecule has 1 amide bonds. The van der Waals surface area contributed by atoms with Crippen molar-refractivity contribution < 1.29 is 40.9 Å². The van der Waals surface area contributed by atoms with Crippen molar-refractivity contribution in [3.05, 3.63) is 41.5 Å². The summed E-state index contributed by atoms with van der Waals surface area (Å²) in [4.78, 5) is 30.6. The van der Waals surface area contributed by atoms with Crippen LogP contribution >= 0.6 is 0 Å². The first-order chi connectivity index (χ1) is 24.3. The molecule has 15 heteroatoms. The number of sulfone groups is 1. The van der Waals surface area contributed by atoms with Crippen molar-refractivity contribution in [1.29, 1.82) is 0 Å². The maximum Gasteiger partial charge on any atom is 0.410 e. The summed E-state index contributed by atoms with van der Waals surface area (Å²) < 4.78 is 82.2. The number of carbonyl (C=O) groups excluding carboxylic acids is 1. The second-order valence-electron chi connectivity index (χ2n) is 13.7. The summed E-state index contributed by atoms with van der Waals surface area (Å²) in [5, 5.41) is 0.287. The molecule has 3 aliphatic heterocycles. The van der Waals surface area contributed by atoms with Gasteiger partial charge in [0, 0.05) is 24.6 Å². The number of fused-ring (bicyclic) bond motifs is 6. The smallest absolute Gasteiger partial charge is 0.410 e. The molecule has 0 unspecified atom stereocenters. The number of hydrogen-bond acceptors (Lipinski definition) is 11. The maximum atomic E-state index is 17.2. The second kappa shape index (κ2) is 12.8. The van der Waals surface area contributed by atoms with Gasteiger partial charge in [-0.15, -0.1) is 5.92 Å². The van der Waals surface area contributed by atoms with Crippen LogP contribution in [0.4, 0.5) is 19.4 Å². The molecular formula is C36H37F2N5O7S. The van der Waals surface area contributed by atoms with Crippen LogP contribution in [0.3, 0.4) is 0 Å². The Bertz CT molecular complexity index is 2270. The summed E-state index contributed by atoms with van der Waals surface area (Å²) in [5.41, 5.74) is -1.19. The van der Waals surface area contributed by atoms with E-state index in [0.29, 0.717) is 18.2 Å². The molecule has 3 atom stereocenters. The molecule has 0 saturated carbocycles. The van der Waals surface area contributed by atoms with Crippen molar-refractivity contribution in [3.8, 4) is 34.7 Å². The minimum atomic E-state index is -4.05. The number of nitrogens with zero attached hydrogens (tertiary/aromatic N) is 5. The van der Waals surface area contributed by atoms with Crippen LogP contribution in [0.15, 0.2) is 29.4 Å². The van der Waals surface area contributed by atoms with Gasteiger partial charge in [0.05, 0.1) is 29.4 Å². The molecule has 0 spiro atoms. The molecule has 7 rings (SSSR count). The highest BCUT2D eigenvalue weighted by Crippen LogP contribution is 2.46. The highest BCUT2D eigenvalue weighted by Gasteiger charge is 2.52. The number of carbonyl (C=O) groups is 1. The van der Waals surface area contributed by atoms with E-state index < -0.39 is 44.4 Å². The summed E-state index contributed by atoms with van der Waals surface area (Å²) in [6, 6.07) is 4.79. The fourth-order valence-corrected chi connectivity index (χ4v) is 7.88. The molecule has 2 aromatic carbocycles. The van der Waals surface area contributed by atoms with Gasteiger partial charge in [0.15, 0.2) is 12.6 Å². The van der Waals surface area contributed by atoms with Gasteiger partial charge in [-0.05, 0) is 64.1 Å². The van der Waals surface area contributed by atoms with Gasteiger partial charge < -0.3 is 23.8 Å². The van der Waals surface area contributed by atoms with Crippen molar-refractivity contribution in [2.45, 2.75) is 76.3 Å². The van der Waals surface area contributed by atoms with Crippen molar-refractivity contribution >= 4 is 43.4 Å². The monoisotopic (exact) mass is 721 g/mol. The summed E-state index contributed by atoms with van der Waals surface area (Å²) in [6.07, 6.45) is 0.863. The van der Waals surface area contributed by atoms with Gasteiger partial charge >= 0.3 is 6.09 Å². The Morgan fingerprint density at radius 3 is 2.59 bits per heavy atom. The average molecular weight is 722 g/mol. The predicted octanol–water partition coefficient (Wildman–Crippen LogP) is 5.62. The van der Waals surface area contributed by atoms with E-state index in [2.05, 4.69) is 26.8 Å². The number of rotatable bonds is 6. The molecule has 3 aliphatic rings. The van der Waals surface area contributed by atoms with E-state index >= 15 is 8.78 Å². The summed E-state index contributed by atoms with van der Waals surface area (Å²) in [7, 11) is -2.59. The summed E-state index contributed by atoms with van der Waals surface area (Å²) >= 11 is 0. The van der Waals surface area contributed by atoms with Gasteiger partial charge in [-0.1, -0.05) is 18.9 Å². The van der Waals surface area contributed by atoms with Crippen LogP contribution < -0.4 is 14.4 Å². The van der Waals surface area contributed by atoms with Gasteiger partial charge in [-0.2, -0.15) is 0 Å². The van der Waals surface area contributed by atoms with Crippen molar-refractivity contribution in [1.82, 2.24) is 19.9 Å². The number of anilines is 1. The molecule has 0 N–H and O–H groups in total. The van der Waals surface area contributed by atoms with Crippen LogP contribution in [0.2, 0.25) is 0 Å². The Morgan fingerprint density at radius 1 is 1.10 bits per heavy atom. The van der Waals surface area contributed by atoms with Crippen LogP contribution in [-0.2, 0) is 19.3 Å². The van der Waals surface area contributed by atoms with Crippen LogP contribution in [-0.4, -0.2) is 90.9 Å². The third-order valence-corrected chi connectivity index (χ3v) is 10.8. The molecule has 0 radical (unpaired) electrons. The predicted molar refractivity (Wildman–Crippen MR) is 184 cm³/mol. The first-order valence-electron chi connectivity index (χ1n) is 16.6. The Morgan fingerprint density at radius 2 is 1.88 bits per heavy atom. The highest BCUT2D eigenvalue weighted by molar-refractivity contribution is 7.91. The Hall–Kier alpha value is -4.81. The first kappa shape index (κ1) is 34.6. The van der Waals surface area contributed by atoms with Crippen molar-refractivity contribution in [3.63, 3.8) is 0 Å². The van der Waals surface area contributed by atoms with Crippen LogP contribution in [0.5, 0.6) is 11.6 Å². The van der Waals surface area contributed by atoms with E-state index in [-0.39, 0.29) is 88.3 Å². The van der Waals surface area contributed by atoms with E-state index in [4.69, 9.17) is 18.9 Å². The van der Waals surface area contributed by atoms with Gasteiger partial charge in [0.1, 0.15) is 46.2 Å². The topological polar surface area (TPSA) is 133 Å². The minimum absolute atomic E-state index is 0.00893. The third kappa shape index (κ3) is 5.93. The summed E-state index contributed by atoms with van der Waals surface area (Å²) in [6.45, 7) is 8.57. The normalized spacial score (nSPS) is 19.6. The molecule has 12 nitrogen and oxygen atoms in total. The Balaban J connectivity index is 1.48. The van der Waals surface area contributed by atoms with E-state index in [1.165, 1.54) is 32.2 Å². The molecule has 4 aromatic rings.